The van der Waals surface area contributed by atoms with Crippen LogP contribution < -0.4 is 10.1 Å². The SMILES string of the molecule is CN=C(NCC(c1ccc(OC)cc1)N1CCCC1)N(C)CCC1CCOCC1.I. The van der Waals surface area contributed by atoms with Crippen LogP contribution in [-0.4, -0.2) is 76.4 Å². The third-order valence-corrected chi connectivity index (χ3v) is 6.32. The molecule has 2 aliphatic heterocycles. The van der Waals surface area contributed by atoms with E-state index in [0.29, 0.717) is 6.04 Å². The highest BCUT2D eigenvalue weighted by molar-refractivity contribution is 14.0. The van der Waals surface area contributed by atoms with Crippen LogP contribution in [0.1, 0.15) is 43.7 Å². The quantitative estimate of drug-likeness (QED) is 0.315. The number of ether oxygens (including phenoxy) is 2. The molecule has 2 aliphatic rings. The molecule has 2 saturated heterocycles. The van der Waals surface area contributed by atoms with Gasteiger partial charge in [0.05, 0.1) is 13.2 Å². The van der Waals surface area contributed by atoms with Crippen molar-refractivity contribution >= 4 is 29.9 Å². The van der Waals surface area contributed by atoms with Crippen LogP contribution in [-0.2, 0) is 4.74 Å². The standard InChI is InChI=1S/C23H38N4O2.HI/c1-24-23(26(2)15-10-19-11-16-29-17-12-19)25-18-22(27-13-4-5-14-27)20-6-8-21(28-3)9-7-20;/h6-9,19,22H,4-5,10-18H2,1-3H3,(H,24,25);1H. The van der Waals surface area contributed by atoms with Crippen molar-refractivity contribution in [3.63, 3.8) is 0 Å². The molecule has 3 rings (SSSR count). The fourth-order valence-corrected chi connectivity index (χ4v) is 4.43. The highest BCUT2D eigenvalue weighted by Gasteiger charge is 2.24. The summed E-state index contributed by atoms with van der Waals surface area (Å²) in [5, 5.41) is 3.64. The van der Waals surface area contributed by atoms with E-state index in [1.165, 1.54) is 37.7 Å². The molecule has 1 aromatic carbocycles. The van der Waals surface area contributed by atoms with Gasteiger partial charge in [-0.1, -0.05) is 12.1 Å². The van der Waals surface area contributed by atoms with Crippen LogP contribution >= 0.6 is 24.0 Å². The third-order valence-electron chi connectivity index (χ3n) is 6.32. The van der Waals surface area contributed by atoms with Gasteiger partial charge in [-0.3, -0.25) is 9.89 Å². The average molecular weight is 530 g/mol. The Kier molecular flexibility index (Phi) is 11.2. The predicted octanol–water partition coefficient (Wildman–Crippen LogP) is 3.77. The normalized spacial score (nSPS) is 19.2. The Bertz CT molecular complexity index is 629. The van der Waals surface area contributed by atoms with Gasteiger partial charge >= 0.3 is 0 Å². The van der Waals surface area contributed by atoms with E-state index >= 15 is 0 Å². The van der Waals surface area contributed by atoms with Gasteiger partial charge in [-0.2, -0.15) is 0 Å². The molecule has 0 amide bonds. The molecule has 1 unspecified atom stereocenters. The van der Waals surface area contributed by atoms with Crippen molar-refractivity contribution in [3.8, 4) is 5.75 Å². The molecule has 170 valence electrons. The zero-order valence-electron chi connectivity index (χ0n) is 18.8. The van der Waals surface area contributed by atoms with Crippen molar-refractivity contribution < 1.29 is 9.47 Å². The Hall–Kier alpha value is -1.06. The van der Waals surface area contributed by atoms with Gasteiger partial charge in [0, 0.05) is 40.4 Å². The van der Waals surface area contributed by atoms with E-state index in [-0.39, 0.29) is 24.0 Å². The zero-order chi connectivity index (χ0) is 20.5. The van der Waals surface area contributed by atoms with Gasteiger partial charge in [0.25, 0.3) is 0 Å². The summed E-state index contributed by atoms with van der Waals surface area (Å²) in [4.78, 5) is 9.40. The summed E-state index contributed by atoms with van der Waals surface area (Å²) in [5.74, 6) is 2.67. The lowest BCUT2D eigenvalue weighted by atomic mass is 9.96. The number of benzene rings is 1. The van der Waals surface area contributed by atoms with Gasteiger partial charge in [0.15, 0.2) is 5.96 Å². The number of likely N-dealkylation sites (tertiary alicyclic amines) is 1. The minimum atomic E-state index is 0. The first kappa shape index (κ1) is 25.2. The second kappa shape index (κ2) is 13.4. The smallest absolute Gasteiger partial charge is 0.193 e. The average Bonchev–Trinajstić information content (AvgIpc) is 3.30. The number of halogens is 1. The summed E-state index contributed by atoms with van der Waals surface area (Å²) in [6.07, 6.45) is 6.15. The largest absolute Gasteiger partial charge is 0.497 e. The number of hydrogen-bond acceptors (Lipinski definition) is 4. The summed E-state index contributed by atoms with van der Waals surface area (Å²) in [6, 6.07) is 8.87. The summed E-state index contributed by atoms with van der Waals surface area (Å²) >= 11 is 0. The molecule has 0 aliphatic carbocycles. The fraction of sp³-hybridized carbons (Fsp3) is 0.696. The van der Waals surface area contributed by atoms with Crippen molar-refractivity contribution in [2.45, 2.75) is 38.1 Å². The fourth-order valence-electron chi connectivity index (χ4n) is 4.43. The van der Waals surface area contributed by atoms with Gasteiger partial charge in [0.1, 0.15) is 5.75 Å². The topological polar surface area (TPSA) is 49.3 Å². The van der Waals surface area contributed by atoms with Crippen LogP contribution in [0.15, 0.2) is 29.3 Å². The molecule has 2 heterocycles. The van der Waals surface area contributed by atoms with E-state index in [1.54, 1.807) is 7.11 Å². The number of hydrogen-bond donors (Lipinski definition) is 1. The molecular weight excluding hydrogens is 491 g/mol. The molecular formula is C23H39IN4O2. The number of aliphatic imine (C=N–C) groups is 1. The van der Waals surface area contributed by atoms with Crippen LogP contribution in [0.25, 0.3) is 0 Å². The summed E-state index contributed by atoms with van der Waals surface area (Å²) in [6.45, 7) is 6.05. The van der Waals surface area contributed by atoms with Crippen molar-refractivity contribution in [1.29, 1.82) is 0 Å². The maximum absolute atomic E-state index is 5.48. The van der Waals surface area contributed by atoms with Crippen LogP contribution in [0.5, 0.6) is 5.75 Å². The Morgan fingerprint density at radius 2 is 1.90 bits per heavy atom. The number of rotatable bonds is 8. The molecule has 0 saturated carbocycles. The van der Waals surface area contributed by atoms with Crippen LogP contribution in [0.4, 0.5) is 0 Å². The molecule has 1 aromatic rings. The first-order chi connectivity index (χ1) is 14.2. The van der Waals surface area contributed by atoms with Crippen LogP contribution in [0.2, 0.25) is 0 Å². The summed E-state index contributed by atoms with van der Waals surface area (Å²) in [7, 11) is 5.74. The number of nitrogens with one attached hydrogen (secondary N) is 1. The Morgan fingerprint density at radius 3 is 2.50 bits per heavy atom. The molecule has 2 fully saturated rings. The predicted molar refractivity (Wildman–Crippen MR) is 134 cm³/mol. The summed E-state index contributed by atoms with van der Waals surface area (Å²) in [5.41, 5.74) is 1.33. The van der Waals surface area contributed by atoms with Gasteiger partial charge in [-0.25, -0.2) is 0 Å². The Balaban J connectivity index is 0.00000320. The molecule has 0 aromatic heterocycles. The number of guanidine groups is 1. The molecule has 0 bridgehead atoms. The zero-order valence-corrected chi connectivity index (χ0v) is 21.1. The minimum Gasteiger partial charge on any atom is -0.497 e. The Morgan fingerprint density at radius 1 is 1.23 bits per heavy atom. The molecule has 7 heteroatoms. The van der Waals surface area contributed by atoms with E-state index in [4.69, 9.17) is 9.47 Å². The summed E-state index contributed by atoms with van der Waals surface area (Å²) < 4.78 is 10.8. The first-order valence-corrected chi connectivity index (χ1v) is 11.1. The molecule has 0 radical (unpaired) electrons. The van der Waals surface area contributed by atoms with Crippen molar-refractivity contribution in [1.82, 2.24) is 15.1 Å². The van der Waals surface area contributed by atoms with E-state index in [9.17, 15) is 0 Å². The van der Waals surface area contributed by atoms with Crippen molar-refractivity contribution in [2.75, 3.05) is 60.6 Å². The van der Waals surface area contributed by atoms with Crippen molar-refractivity contribution in [2.24, 2.45) is 10.9 Å². The van der Waals surface area contributed by atoms with E-state index in [2.05, 4.69) is 51.4 Å². The van der Waals surface area contributed by atoms with E-state index in [0.717, 1.165) is 57.0 Å². The Labute approximate surface area is 199 Å². The second-order valence-electron chi connectivity index (χ2n) is 8.23. The lowest BCUT2D eigenvalue weighted by molar-refractivity contribution is 0.0625. The lowest BCUT2D eigenvalue weighted by Crippen LogP contribution is -2.44. The highest BCUT2D eigenvalue weighted by Crippen LogP contribution is 2.26. The number of methoxy groups -OCH3 is 1. The van der Waals surface area contributed by atoms with Crippen LogP contribution in [0.3, 0.4) is 0 Å². The van der Waals surface area contributed by atoms with Gasteiger partial charge < -0.3 is 19.7 Å². The lowest BCUT2D eigenvalue weighted by Gasteiger charge is -2.31. The maximum Gasteiger partial charge on any atom is 0.193 e. The molecule has 0 spiro atoms. The van der Waals surface area contributed by atoms with Crippen molar-refractivity contribution in [3.05, 3.63) is 29.8 Å². The van der Waals surface area contributed by atoms with E-state index in [1.807, 2.05) is 7.05 Å². The monoisotopic (exact) mass is 530 g/mol. The van der Waals surface area contributed by atoms with Gasteiger partial charge in [-0.05, 0) is 68.8 Å². The highest BCUT2D eigenvalue weighted by atomic mass is 127. The molecule has 1 N–H and O–H groups in total. The van der Waals surface area contributed by atoms with Gasteiger partial charge in [0.2, 0.25) is 0 Å². The number of nitrogens with zero attached hydrogens (tertiary/aromatic N) is 3. The maximum atomic E-state index is 5.48. The molecule has 1 atom stereocenters. The minimum absolute atomic E-state index is 0. The second-order valence-corrected chi connectivity index (χ2v) is 8.23. The van der Waals surface area contributed by atoms with Gasteiger partial charge in [-0.15, -0.1) is 24.0 Å². The molecule has 30 heavy (non-hydrogen) atoms. The third kappa shape index (κ3) is 7.27. The van der Waals surface area contributed by atoms with E-state index < -0.39 is 0 Å². The first-order valence-electron chi connectivity index (χ1n) is 11.1. The molecule has 6 nitrogen and oxygen atoms in total. The van der Waals surface area contributed by atoms with Crippen LogP contribution in [0, 0.1) is 5.92 Å².